The number of rotatable bonds is 53. The summed E-state index contributed by atoms with van der Waals surface area (Å²) in [6.45, 7) is 6.25. The highest BCUT2D eigenvalue weighted by molar-refractivity contribution is 4.55. The summed E-state index contributed by atoms with van der Waals surface area (Å²) >= 11 is 0. The maximum Gasteiger partial charge on any atom is -0.0533 e. The number of unbranched alkanes of at least 4 members (excludes halogenated alkanes) is 53. The van der Waals surface area contributed by atoms with E-state index < -0.39 is 0 Å². The molecule has 0 fully saturated rings. The van der Waals surface area contributed by atoms with E-state index in [2.05, 4.69) is 13.8 Å². The van der Waals surface area contributed by atoms with Gasteiger partial charge in [0.2, 0.25) is 0 Å². The third kappa shape index (κ3) is 54.0. The molecule has 0 nitrogen and oxygen atoms in total. The molecular weight excluding hydrogens is 673 g/mol. The van der Waals surface area contributed by atoms with Gasteiger partial charge in [0.1, 0.15) is 0 Å². The van der Waals surface area contributed by atoms with Crippen LogP contribution in [0.3, 0.4) is 0 Å². The summed E-state index contributed by atoms with van der Waals surface area (Å²) in [5.74, 6) is 0. The van der Waals surface area contributed by atoms with Crippen molar-refractivity contribution in [3.8, 4) is 0 Å². The van der Waals surface area contributed by atoms with E-state index in [1.54, 1.807) is 0 Å². The largest absolute Gasteiger partial charge is 0.0654 e. The normalized spacial score (nSPS) is 11.7. The fourth-order valence-electron chi connectivity index (χ4n) is 9.27. The van der Waals surface area contributed by atoms with Crippen LogP contribution < -0.4 is 0 Å². The molecule has 0 saturated heterocycles. The molecule has 0 aromatic rings. The van der Waals surface area contributed by atoms with E-state index >= 15 is 0 Å². The van der Waals surface area contributed by atoms with Crippen LogP contribution in [-0.4, -0.2) is 0 Å². The van der Waals surface area contributed by atoms with Crippen LogP contribution in [0.4, 0.5) is 0 Å². The summed E-state index contributed by atoms with van der Waals surface area (Å²) in [6, 6.07) is 0. The van der Waals surface area contributed by atoms with Crippen LogP contribution in [-0.2, 0) is 0 Å². The quantitative estimate of drug-likeness (QED) is 0.0539. The maximum absolute atomic E-state index is 3.94. The van der Waals surface area contributed by atoms with Gasteiger partial charge in [-0.2, -0.15) is 0 Å². The van der Waals surface area contributed by atoms with Crippen LogP contribution in [0.15, 0.2) is 0 Å². The van der Waals surface area contributed by atoms with Gasteiger partial charge in [-0.05, 0) is 0 Å². The van der Waals surface area contributed by atoms with E-state index in [4.69, 9.17) is 0 Å². The van der Waals surface area contributed by atoms with Gasteiger partial charge in [0.05, 0.1) is 0 Å². The molecule has 1 radical (unpaired) electrons. The molecule has 0 heterocycles. The summed E-state index contributed by atoms with van der Waals surface area (Å²) in [7, 11) is 0. The lowest BCUT2D eigenvalue weighted by atomic mass is 10.0. The molecule has 0 aliphatic carbocycles. The van der Waals surface area contributed by atoms with E-state index in [0.29, 0.717) is 0 Å². The SMILES string of the molecule is [CH2]CCCCCCCCCCCCCCCCCCCCCCCCCCCCCCCCCCCCCCCCCCCCCCCCCCCCCCC. The molecule has 0 bridgehead atoms. The Morgan fingerprint density at radius 2 is 0.232 bits per heavy atom. The summed E-state index contributed by atoms with van der Waals surface area (Å²) in [5.41, 5.74) is 0. The Labute approximate surface area is 359 Å². The summed E-state index contributed by atoms with van der Waals surface area (Å²) < 4.78 is 0. The van der Waals surface area contributed by atoms with Crippen molar-refractivity contribution < 1.29 is 0 Å². The second-order valence-electron chi connectivity index (χ2n) is 19.2. The molecule has 0 saturated carbocycles. The zero-order chi connectivity index (χ0) is 40.2. The zero-order valence-corrected chi connectivity index (χ0v) is 39.9. The third-order valence-electron chi connectivity index (χ3n) is 13.4. The highest BCUT2D eigenvalue weighted by atomic mass is 14.1. The lowest BCUT2D eigenvalue weighted by molar-refractivity contribution is 0.507. The van der Waals surface area contributed by atoms with Gasteiger partial charge in [0.25, 0.3) is 0 Å². The Hall–Kier alpha value is 0. The first kappa shape index (κ1) is 56.0. The predicted octanol–water partition coefficient (Wildman–Crippen LogP) is 21.9. The van der Waals surface area contributed by atoms with Gasteiger partial charge in [-0.3, -0.25) is 0 Å². The molecule has 337 valence electrons. The summed E-state index contributed by atoms with van der Waals surface area (Å²) in [4.78, 5) is 0. The first-order valence-corrected chi connectivity index (χ1v) is 27.7. The molecule has 0 amide bonds. The Bertz CT molecular complexity index is 568. The first-order valence-electron chi connectivity index (χ1n) is 27.7. The van der Waals surface area contributed by atoms with E-state index in [1.165, 1.54) is 340 Å². The topological polar surface area (TPSA) is 0 Å². The van der Waals surface area contributed by atoms with Crippen LogP contribution in [0.1, 0.15) is 354 Å². The minimum Gasteiger partial charge on any atom is -0.0654 e. The second kappa shape index (κ2) is 55.0. The van der Waals surface area contributed by atoms with E-state index in [0.717, 1.165) is 6.42 Å². The average Bonchev–Trinajstić information content (AvgIpc) is 3.21. The molecule has 0 aromatic carbocycles. The standard InChI is InChI=1S/C56H113/c1-3-5-7-9-11-13-15-17-19-21-23-25-27-29-31-33-35-37-39-41-43-45-47-49-51-53-55-56-54-52-50-48-46-44-42-40-38-36-34-32-30-28-26-24-22-20-18-16-14-12-10-8-6-4-2/h1,3-56H2,2H3. The van der Waals surface area contributed by atoms with E-state index in [-0.39, 0.29) is 0 Å². The van der Waals surface area contributed by atoms with Crippen molar-refractivity contribution in [3.63, 3.8) is 0 Å². The Balaban J connectivity index is 3.05. The second-order valence-corrected chi connectivity index (χ2v) is 19.2. The molecule has 0 rings (SSSR count). The molecule has 0 aliphatic heterocycles. The van der Waals surface area contributed by atoms with Crippen molar-refractivity contribution in [2.24, 2.45) is 0 Å². The van der Waals surface area contributed by atoms with Crippen molar-refractivity contribution in [2.75, 3.05) is 0 Å². The van der Waals surface area contributed by atoms with Crippen molar-refractivity contribution in [1.82, 2.24) is 0 Å². The lowest BCUT2D eigenvalue weighted by Gasteiger charge is -2.05. The van der Waals surface area contributed by atoms with Crippen molar-refractivity contribution >= 4 is 0 Å². The molecule has 0 aromatic heterocycles. The Morgan fingerprint density at radius 3 is 0.321 bits per heavy atom. The molecule has 0 unspecified atom stereocenters. The van der Waals surface area contributed by atoms with Crippen molar-refractivity contribution in [2.45, 2.75) is 354 Å². The Kier molecular flexibility index (Phi) is 55.0. The predicted molar refractivity (Wildman–Crippen MR) is 260 cm³/mol. The van der Waals surface area contributed by atoms with Gasteiger partial charge in [0, 0.05) is 0 Å². The van der Waals surface area contributed by atoms with E-state index in [9.17, 15) is 0 Å². The van der Waals surface area contributed by atoms with Crippen molar-refractivity contribution in [1.29, 1.82) is 0 Å². The summed E-state index contributed by atoms with van der Waals surface area (Å²) in [6.07, 6.45) is 79.7. The van der Waals surface area contributed by atoms with Crippen molar-refractivity contribution in [3.05, 3.63) is 6.92 Å². The smallest absolute Gasteiger partial charge is 0.0533 e. The van der Waals surface area contributed by atoms with E-state index in [1.807, 2.05) is 0 Å². The van der Waals surface area contributed by atoms with Crippen LogP contribution in [0.2, 0.25) is 0 Å². The van der Waals surface area contributed by atoms with Gasteiger partial charge in [-0.25, -0.2) is 0 Å². The lowest BCUT2D eigenvalue weighted by Crippen LogP contribution is -1.85. The zero-order valence-electron chi connectivity index (χ0n) is 39.9. The van der Waals surface area contributed by atoms with Gasteiger partial charge in [0.15, 0.2) is 0 Å². The van der Waals surface area contributed by atoms with Crippen LogP contribution in [0, 0.1) is 6.92 Å². The molecule has 0 heteroatoms. The molecule has 56 heavy (non-hydrogen) atoms. The third-order valence-corrected chi connectivity index (χ3v) is 13.4. The molecule has 0 aliphatic rings. The van der Waals surface area contributed by atoms with Crippen LogP contribution >= 0.6 is 0 Å². The van der Waals surface area contributed by atoms with Gasteiger partial charge in [-0.15, -0.1) is 0 Å². The maximum atomic E-state index is 3.94. The average molecular weight is 787 g/mol. The number of hydrogen-bond donors (Lipinski definition) is 0. The fourth-order valence-corrected chi connectivity index (χ4v) is 9.27. The number of hydrogen-bond acceptors (Lipinski definition) is 0. The van der Waals surface area contributed by atoms with Gasteiger partial charge in [-0.1, -0.05) is 361 Å². The minimum atomic E-state index is 1.12. The fraction of sp³-hybridized carbons (Fsp3) is 0.982. The monoisotopic (exact) mass is 786 g/mol. The van der Waals surface area contributed by atoms with Gasteiger partial charge < -0.3 is 0 Å². The van der Waals surface area contributed by atoms with Gasteiger partial charge >= 0.3 is 0 Å². The Morgan fingerprint density at radius 1 is 0.143 bits per heavy atom. The van der Waals surface area contributed by atoms with Crippen LogP contribution in [0.5, 0.6) is 0 Å². The highest BCUT2D eigenvalue weighted by Gasteiger charge is 1.99. The first-order chi connectivity index (χ1) is 27.9. The molecular formula is C56H113. The molecule has 0 N–H and O–H groups in total. The summed E-state index contributed by atoms with van der Waals surface area (Å²) in [5, 5.41) is 0. The highest BCUT2D eigenvalue weighted by Crippen LogP contribution is 2.19. The molecule has 0 spiro atoms. The molecule has 0 atom stereocenters. The minimum absolute atomic E-state index is 1.12. The van der Waals surface area contributed by atoms with Crippen LogP contribution in [0.25, 0.3) is 0 Å².